The number of ether oxygens (including phenoxy) is 1. The van der Waals surface area contributed by atoms with Gasteiger partial charge >= 0.3 is 6.09 Å². The third-order valence-electron chi connectivity index (χ3n) is 1.80. The summed E-state index contributed by atoms with van der Waals surface area (Å²) in [5.41, 5.74) is 0. The maximum absolute atomic E-state index is 10.7. The zero-order chi connectivity index (χ0) is 8.10. The second-order valence-electron chi connectivity index (χ2n) is 2.68. The molecule has 0 saturated carbocycles. The van der Waals surface area contributed by atoms with Crippen molar-refractivity contribution in [1.29, 1.82) is 0 Å². The number of piperidine rings is 1. The molecule has 4 heteroatoms. The lowest BCUT2D eigenvalue weighted by Crippen LogP contribution is -2.45. The van der Waals surface area contributed by atoms with E-state index in [-0.39, 0.29) is 12.1 Å². The monoisotopic (exact) mass is 158 g/mol. The van der Waals surface area contributed by atoms with Crippen LogP contribution in [0.4, 0.5) is 4.79 Å². The highest BCUT2D eigenvalue weighted by Crippen LogP contribution is 2.00. The van der Waals surface area contributed by atoms with Crippen molar-refractivity contribution >= 4 is 6.09 Å². The molecule has 11 heavy (non-hydrogen) atoms. The first kappa shape index (κ1) is 8.33. The molecule has 1 rings (SSSR count). The van der Waals surface area contributed by atoms with E-state index in [1.807, 2.05) is 0 Å². The SMILES string of the molecule is COC(=O)N[C@@H]1CCCNC1. The van der Waals surface area contributed by atoms with Crippen LogP contribution < -0.4 is 10.6 Å². The van der Waals surface area contributed by atoms with Crippen molar-refractivity contribution in [3.8, 4) is 0 Å². The Hall–Kier alpha value is -0.770. The van der Waals surface area contributed by atoms with E-state index in [1.54, 1.807) is 0 Å². The van der Waals surface area contributed by atoms with Gasteiger partial charge in [-0.05, 0) is 19.4 Å². The Morgan fingerprint density at radius 3 is 3.09 bits per heavy atom. The lowest BCUT2D eigenvalue weighted by molar-refractivity contribution is 0.164. The molecule has 0 unspecified atom stereocenters. The summed E-state index contributed by atoms with van der Waals surface area (Å²) in [6.07, 6.45) is 1.83. The van der Waals surface area contributed by atoms with Crippen LogP contribution in [0.5, 0.6) is 0 Å². The van der Waals surface area contributed by atoms with Gasteiger partial charge in [0.25, 0.3) is 0 Å². The fourth-order valence-corrected chi connectivity index (χ4v) is 1.20. The largest absolute Gasteiger partial charge is 0.453 e. The Morgan fingerprint density at radius 1 is 1.73 bits per heavy atom. The molecule has 0 bridgehead atoms. The molecular formula is C7H14N2O2. The molecule has 1 heterocycles. The number of hydrogen-bond donors (Lipinski definition) is 2. The first-order valence-corrected chi connectivity index (χ1v) is 3.88. The molecule has 0 radical (unpaired) electrons. The summed E-state index contributed by atoms with van der Waals surface area (Å²) < 4.78 is 4.48. The van der Waals surface area contributed by atoms with Gasteiger partial charge in [0.15, 0.2) is 0 Å². The van der Waals surface area contributed by atoms with Crippen LogP contribution in [0.2, 0.25) is 0 Å². The van der Waals surface area contributed by atoms with Gasteiger partial charge in [0.05, 0.1) is 7.11 Å². The second kappa shape index (κ2) is 4.18. The minimum atomic E-state index is -0.335. The van der Waals surface area contributed by atoms with E-state index in [2.05, 4.69) is 15.4 Å². The molecule has 0 aromatic heterocycles. The predicted octanol–water partition coefficient (Wildman–Crippen LogP) is 0.0944. The number of methoxy groups -OCH3 is 1. The summed E-state index contributed by atoms with van der Waals surface area (Å²) in [6.45, 7) is 1.91. The highest BCUT2D eigenvalue weighted by Gasteiger charge is 2.14. The van der Waals surface area contributed by atoms with Gasteiger partial charge in [-0.2, -0.15) is 0 Å². The molecule has 1 atom stereocenters. The number of alkyl carbamates (subject to hydrolysis) is 1. The van der Waals surface area contributed by atoms with Crippen LogP contribution in [0.15, 0.2) is 0 Å². The maximum atomic E-state index is 10.7. The van der Waals surface area contributed by atoms with Gasteiger partial charge in [-0.1, -0.05) is 0 Å². The quantitative estimate of drug-likeness (QED) is 0.569. The third-order valence-corrected chi connectivity index (χ3v) is 1.80. The standard InChI is InChI=1S/C7H14N2O2/c1-11-7(10)9-6-3-2-4-8-5-6/h6,8H,2-5H2,1H3,(H,9,10)/t6-/m1/s1. The number of carbonyl (C=O) groups excluding carboxylic acids is 1. The van der Waals surface area contributed by atoms with E-state index in [0.29, 0.717) is 0 Å². The van der Waals surface area contributed by atoms with E-state index in [0.717, 1.165) is 25.9 Å². The zero-order valence-electron chi connectivity index (χ0n) is 6.72. The summed E-state index contributed by atoms with van der Waals surface area (Å²) in [5, 5.41) is 5.94. The molecular weight excluding hydrogens is 144 g/mol. The van der Waals surface area contributed by atoms with Gasteiger partial charge < -0.3 is 15.4 Å². The Kier molecular flexibility index (Phi) is 3.16. The number of hydrogen-bond acceptors (Lipinski definition) is 3. The zero-order valence-corrected chi connectivity index (χ0v) is 6.72. The Labute approximate surface area is 66.3 Å². The molecule has 1 aliphatic heterocycles. The van der Waals surface area contributed by atoms with Gasteiger partial charge in [0.2, 0.25) is 0 Å². The fourth-order valence-electron chi connectivity index (χ4n) is 1.20. The van der Waals surface area contributed by atoms with Crippen molar-refractivity contribution in [3.63, 3.8) is 0 Å². The molecule has 0 aliphatic carbocycles. The highest BCUT2D eigenvalue weighted by atomic mass is 16.5. The summed E-state index contributed by atoms with van der Waals surface area (Å²) >= 11 is 0. The summed E-state index contributed by atoms with van der Waals surface area (Å²) in [6, 6.07) is 0.246. The third kappa shape index (κ3) is 2.76. The van der Waals surface area contributed by atoms with Crippen molar-refractivity contribution < 1.29 is 9.53 Å². The van der Waals surface area contributed by atoms with Crippen molar-refractivity contribution in [2.24, 2.45) is 0 Å². The molecule has 1 aliphatic rings. The average Bonchev–Trinajstić information content (AvgIpc) is 2.06. The smallest absolute Gasteiger partial charge is 0.407 e. The first-order valence-electron chi connectivity index (χ1n) is 3.88. The van der Waals surface area contributed by atoms with Gasteiger partial charge in [0.1, 0.15) is 0 Å². The number of nitrogens with one attached hydrogen (secondary N) is 2. The Morgan fingerprint density at radius 2 is 2.55 bits per heavy atom. The minimum absolute atomic E-state index is 0.246. The van der Waals surface area contributed by atoms with Crippen LogP contribution in [0.3, 0.4) is 0 Å². The molecule has 0 spiro atoms. The van der Waals surface area contributed by atoms with Crippen LogP contribution in [-0.2, 0) is 4.74 Å². The molecule has 1 saturated heterocycles. The van der Waals surface area contributed by atoms with Crippen LogP contribution in [-0.4, -0.2) is 32.3 Å². The normalized spacial score (nSPS) is 24.3. The van der Waals surface area contributed by atoms with Crippen molar-refractivity contribution in [3.05, 3.63) is 0 Å². The number of amides is 1. The number of rotatable bonds is 1. The van der Waals surface area contributed by atoms with Crippen LogP contribution in [0, 0.1) is 0 Å². The average molecular weight is 158 g/mol. The minimum Gasteiger partial charge on any atom is -0.453 e. The predicted molar refractivity (Wildman–Crippen MR) is 41.4 cm³/mol. The lowest BCUT2D eigenvalue weighted by atomic mass is 10.1. The van der Waals surface area contributed by atoms with Gasteiger partial charge in [0, 0.05) is 12.6 Å². The molecule has 1 amide bonds. The van der Waals surface area contributed by atoms with Crippen LogP contribution >= 0.6 is 0 Å². The van der Waals surface area contributed by atoms with Crippen LogP contribution in [0.25, 0.3) is 0 Å². The molecule has 1 fully saturated rings. The Bertz CT molecular complexity index is 132. The first-order chi connectivity index (χ1) is 5.33. The van der Waals surface area contributed by atoms with E-state index in [4.69, 9.17) is 0 Å². The topological polar surface area (TPSA) is 50.4 Å². The van der Waals surface area contributed by atoms with Crippen LogP contribution in [0.1, 0.15) is 12.8 Å². The van der Waals surface area contributed by atoms with E-state index in [1.165, 1.54) is 7.11 Å². The van der Waals surface area contributed by atoms with Crippen molar-refractivity contribution in [1.82, 2.24) is 10.6 Å². The molecule has 0 aromatic carbocycles. The maximum Gasteiger partial charge on any atom is 0.407 e. The van der Waals surface area contributed by atoms with E-state index >= 15 is 0 Å². The second-order valence-corrected chi connectivity index (χ2v) is 2.68. The summed E-state index contributed by atoms with van der Waals surface area (Å²) in [5.74, 6) is 0. The highest BCUT2D eigenvalue weighted by molar-refractivity contribution is 5.67. The summed E-state index contributed by atoms with van der Waals surface area (Å²) in [7, 11) is 1.38. The fraction of sp³-hybridized carbons (Fsp3) is 0.857. The molecule has 0 aromatic rings. The number of carbonyl (C=O) groups is 1. The summed E-state index contributed by atoms with van der Waals surface area (Å²) in [4.78, 5) is 10.7. The van der Waals surface area contributed by atoms with Crippen molar-refractivity contribution in [2.45, 2.75) is 18.9 Å². The van der Waals surface area contributed by atoms with Gasteiger partial charge in [-0.15, -0.1) is 0 Å². The lowest BCUT2D eigenvalue weighted by Gasteiger charge is -2.22. The molecule has 4 nitrogen and oxygen atoms in total. The van der Waals surface area contributed by atoms with E-state index < -0.39 is 0 Å². The van der Waals surface area contributed by atoms with Crippen molar-refractivity contribution in [2.75, 3.05) is 20.2 Å². The molecule has 2 N–H and O–H groups in total. The van der Waals surface area contributed by atoms with E-state index in [9.17, 15) is 4.79 Å². The molecule has 64 valence electrons. The Balaban J connectivity index is 2.19. The van der Waals surface area contributed by atoms with Gasteiger partial charge in [-0.25, -0.2) is 4.79 Å². The van der Waals surface area contributed by atoms with Gasteiger partial charge in [-0.3, -0.25) is 0 Å².